The minimum atomic E-state index is -1.68. The van der Waals surface area contributed by atoms with E-state index in [9.17, 15) is 30.1 Å². The van der Waals surface area contributed by atoms with E-state index in [4.69, 9.17) is 0 Å². The van der Waals surface area contributed by atoms with Crippen molar-refractivity contribution in [2.24, 2.45) is 0 Å². The highest BCUT2D eigenvalue weighted by atomic mass is 16.6. The second-order valence-corrected chi connectivity index (χ2v) is 6.69. The van der Waals surface area contributed by atoms with Crippen LogP contribution < -0.4 is 9.59 Å². The minimum Gasteiger partial charge on any atom is -0.545 e. The fraction of sp³-hybridized carbons (Fsp3) is 0.611. The molecule has 0 amide bonds. The number of aromatic carboxylic acids is 1. The highest BCUT2D eigenvalue weighted by Gasteiger charge is 2.43. The predicted molar refractivity (Wildman–Crippen MR) is 101 cm³/mol. The average molecular weight is 381 g/mol. The third kappa shape index (κ3) is 5.22. The normalized spacial score (nSPS) is 11.4. The van der Waals surface area contributed by atoms with Crippen molar-refractivity contribution in [3.63, 3.8) is 0 Å². The van der Waals surface area contributed by atoms with Gasteiger partial charge in [0.25, 0.3) is 5.69 Å². The largest absolute Gasteiger partial charge is 0.545 e. The van der Waals surface area contributed by atoms with E-state index in [0.717, 1.165) is 37.8 Å². The number of benzene rings is 1. The van der Waals surface area contributed by atoms with E-state index in [-0.39, 0.29) is 10.2 Å². The monoisotopic (exact) mass is 381 g/mol. The molecule has 0 radical (unpaired) electrons. The Morgan fingerprint density at radius 2 is 1.33 bits per heavy atom. The first-order valence-electron chi connectivity index (χ1n) is 9.28. The number of quaternary nitrogens is 1. The smallest absolute Gasteiger partial charge is 0.337 e. The maximum atomic E-state index is 11.7. The van der Waals surface area contributed by atoms with Crippen LogP contribution in [-0.4, -0.2) is 35.5 Å². The van der Waals surface area contributed by atoms with Gasteiger partial charge in [-0.2, -0.15) is 0 Å². The summed E-state index contributed by atoms with van der Waals surface area (Å²) in [5.41, 5.74) is -1.61. The summed E-state index contributed by atoms with van der Waals surface area (Å²) in [5, 5.41) is 34.7. The first-order chi connectivity index (χ1) is 12.7. The Balaban J connectivity index is 3.87. The van der Waals surface area contributed by atoms with Crippen molar-refractivity contribution >= 4 is 23.0 Å². The lowest BCUT2D eigenvalue weighted by molar-refractivity contribution is -0.394. The third-order valence-corrected chi connectivity index (χ3v) is 4.70. The fourth-order valence-corrected chi connectivity index (χ4v) is 3.51. The summed E-state index contributed by atoms with van der Waals surface area (Å²) in [6, 6.07) is 1.77. The van der Waals surface area contributed by atoms with Gasteiger partial charge >= 0.3 is 11.4 Å². The number of nitro groups is 2. The van der Waals surface area contributed by atoms with Crippen molar-refractivity contribution < 1.29 is 19.7 Å². The molecule has 150 valence electrons. The van der Waals surface area contributed by atoms with Crippen LogP contribution in [0.5, 0.6) is 0 Å². The van der Waals surface area contributed by atoms with Gasteiger partial charge in [-0.3, -0.25) is 24.7 Å². The molecule has 9 heteroatoms. The maximum absolute atomic E-state index is 11.7. The third-order valence-electron chi connectivity index (χ3n) is 4.70. The Labute approximate surface area is 158 Å². The van der Waals surface area contributed by atoms with Gasteiger partial charge in [0.05, 0.1) is 35.5 Å². The summed E-state index contributed by atoms with van der Waals surface area (Å²) in [7, 11) is 0. The van der Waals surface area contributed by atoms with Crippen LogP contribution in [0.4, 0.5) is 17.1 Å². The average Bonchev–Trinajstić information content (AvgIpc) is 2.62. The lowest BCUT2D eigenvalue weighted by Crippen LogP contribution is -2.52. The zero-order chi connectivity index (χ0) is 20.6. The molecule has 0 N–H and O–H groups in total. The van der Waals surface area contributed by atoms with Gasteiger partial charge in [-0.1, -0.05) is 33.6 Å². The van der Waals surface area contributed by atoms with Crippen molar-refractivity contribution in [1.29, 1.82) is 0 Å². The van der Waals surface area contributed by atoms with Crippen molar-refractivity contribution in [3.05, 3.63) is 37.9 Å². The summed E-state index contributed by atoms with van der Waals surface area (Å²) in [4.78, 5) is 33.2. The molecular formula is C18H27N3O6. The van der Waals surface area contributed by atoms with E-state index in [1.807, 2.05) is 20.8 Å². The molecule has 0 saturated heterocycles. The maximum Gasteiger partial charge on any atom is 0.337 e. The lowest BCUT2D eigenvalue weighted by atomic mass is 10.0. The first-order valence-corrected chi connectivity index (χ1v) is 9.28. The molecule has 0 saturated carbocycles. The number of hydrogen-bond acceptors (Lipinski definition) is 6. The second kappa shape index (κ2) is 9.96. The summed E-state index contributed by atoms with van der Waals surface area (Å²) in [6.45, 7) is 7.46. The van der Waals surface area contributed by atoms with Gasteiger partial charge < -0.3 is 9.90 Å². The zero-order valence-corrected chi connectivity index (χ0v) is 16.1. The number of nitro benzene ring substituents is 2. The Morgan fingerprint density at radius 3 is 1.63 bits per heavy atom. The highest BCUT2D eigenvalue weighted by Crippen LogP contribution is 2.43. The molecule has 0 aliphatic heterocycles. The number of carbonyl (C=O) groups is 1. The van der Waals surface area contributed by atoms with Gasteiger partial charge in [0.15, 0.2) is 0 Å². The van der Waals surface area contributed by atoms with Crippen LogP contribution >= 0.6 is 0 Å². The molecule has 0 unspecified atom stereocenters. The Kier molecular flexibility index (Phi) is 8.30. The van der Waals surface area contributed by atoms with E-state index in [1.165, 1.54) is 0 Å². The molecule has 0 aliphatic carbocycles. The molecule has 0 bridgehead atoms. The number of rotatable bonds is 12. The Hall–Kier alpha value is -2.55. The number of hydrogen-bond donors (Lipinski definition) is 0. The summed E-state index contributed by atoms with van der Waals surface area (Å²) in [6.07, 6.45) is 3.87. The number of unbranched alkanes of at least 4 members (excludes halogenated alkanes) is 2. The highest BCUT2D eigenvalue weighted by molar-refractivity contribution is 5.91. The van der Waals surface area contributed by atoms with Crippen LogP contribution in [0.25, 0.3) is 0 Å². The van der Waals surface area contributed by atoms with E-state index in [1.54, 1.807) is 0 Å². The molecule has 0 heterocycles. The van der Waals surface area contributed by atoms with Crippen molar-refractivity contribution in [3.8, 4) is 0 Å². The minimum absolute atomic E-state index is 0.00116. The molecule has 0 aliphatic rings. The molecule has 0 aromatic heterocycles. The van der Waals surface area contributed by atoms with E-state index >= 15 is 0 Å². The van der Waals surface area contributed by atoms with E-state index < -0.39 is 32.8 Å². The summed E-state index contributed by atoms with van der Waals surface area (Å²) >= 11 is 0. The molecule has 0 spiro atoms. The van der Waals surface area contributed by atoms with Crippen LogP contribution in [0.1, 0.15) is 63.2 Å². The van der Waals surface area contributed by atoms with Gasteiger partial charge in [-0.25, -0.2) is 0 Å². The van der Waals surface area contributed by atoms with Crippen molar-refractivity contribution in [2.45, 2.75) is 52.9 Å². The number of nitrogens with zero attached hydrogens (tertiary/aromatic N) is 3. The quantitative estimate of drug-likeness (QED) is 0.311. The molecule has 1 aromatic carbocycles. The SMILES string of the molecule is CCCC[N+](CCC)(CCCC)c1c([N+](=O)[O-])cc(C(=O)[O-])cc1[N+](=O)[O-]. The molecule has 27 heavy (non-hydrogen) atoms. The van der Waals surface area contributed by atoms with Crippen molar-refractivity contribution in [1.82, 2.24) is 4.48 Å². The van der Waals surface area contributed by atoms with Crippen LogP contribution in [-0.2, 0) is 0 Å². The Morgan fingerprint density at radius 1 is 0.889 bits per heavy atom. The standard InChI is InChI=1S/C18H27N3O6/c1-4-7-10-21(9-6-3,11-8-5-2)17-15(19(24)25)12-14(18(22)23)13-16(17)20(26)27/h12-13H,4-11H2,1-3H3. The molecule has 0 fully saturated rings. The van der Waals surface area contributed by atoms with Crippen LogP contribution in [0.3, 0.4) is 0 Å². The molecule has 1 aromatic rings. The Bertz CT molecular complexity index is 661. The van der Waals surface area contributed by atoms with Gasteiger partial charge in [0.2, 0.25) is 0 Å². The van der Waals surface area contributed by atoms with E-state index in [0.29, 0.717) is 26.1 Å². The number of carboxylic acid groups (broad SMARTS) is 1. The van der Waals surface area contributed by atoms with Crippen molar-refractivity contribution in [2.75, 3.05) is 19.6 Å². The number of carboxylic acids is 1. The zero-order valence-electron chi connectivity index (χ0n) is 16.1. The topological polar surface area (TPSA) is 126 Å². The van der Waals surface area contributed by atoms with Gasteiger partial charge in [0.1, 0.15) is 0 Å². The summed E-state index contributed by atoms with van der Waals surface area (Å²) < 4.78 is 0.109. The second-order valence-electron chi connectivity index (χ2n) is 6.69. The molecule has 0 atom stereocenters. The predicted octanol–water partition coefficient (Wildman–Crippen LogP) is 3.18. The van der Waals surface area contributed by atoms with Gasteiger partial charge in [-0.15, -0.1) is 0 Å². The van der Waals surface area contributed by atoms with E-state index in [2.05, 4.69) is 0 Å². The number of carbonyl (C=O) groups excluding carboxylic acids is 1. The lowest BCUT2D eigenvalue weighted by Gasteiger charge is -2.37. The molecular weight excluding hydrogens is 354 g/mol. The molecule has 1 rings (SSSR count). The van der Waals surface area contributed by atoms with Crippen LogP contribution in [0.2, 0.25) is 0 Å². The van der Waals surface area contributed by atoms with Gasteiger partial charge in [-0.05, 0) is 19.3 Å². The van der Waals surface area contributed by atoms with Crippen LogP contribution in [0, 0.1) is 20.2 Å². The fourth-order valence-electron chi connectivity index (χ4n) is 3.51. The van der Waals surface area contributed by atoms with Gasteiger partial charge in [0, 0.05) is 17.7 Å². The summed E-state index contributed by atoms with van der Waals surface area (Å²) in [5.74, 6) is -1.68. The van der Waals surface area contributed by atoms with Crippen LogP contribution in [0.15, 0.2) is 12.1 Å². The molecule has 9 nitrogen and oxygen atoms in total. The first kappa shape index (κ1) is 22.5.